The van der Waals surface area contributed by atoms with Crippen molar-refractivity contribution >= 4 is 17.2 Å². The van der Waals surface area contributed by atoms with Gasteiger partial charge in [-0.1, -0.05) is 42.8 Å². The number of hydrogen-bond acceptors (Lipinski definition) is 3. The maximum Gasteiger partial charge on any atom is 0.235 e. The average Bonchev–Trinajstić information content (AvgIpc) is 3.11. The van der Waals surface area contributed by atoms with E-state index in [1.54, 1.807) is 7.11 Å². The molecule has 1 N–H and O–H groups in total. The summed E-state index contributed by atoms with van der Waals surface area (Å²) in [5.74, 6) is 1.14. The fourth-order valence-corrected chi connectivity index (χ4v) is 5.83. The minimum Gasteiger partial charge on any atom is -0.496 e. The predicted molar refractivity (Wildman–Crippen MR) is 126 cm³/mol. The van der Waals surface area contributed by atoms with Gasteiger partial charge in [0.2, 0.25) is 5.91 Å². The maximum absolute atomic E-state index is 13.1. The van der Waals surface area contributed by atoms with E-state index in [9.17, 15) is 4.79 Å². The van der Waals surface area contributed by atoms with E-state index in [1.165, 1.54) is 22.3 Å². The van der Waals surface area contributed by atoms with Crippen LogP contribution in [0.25, 0.3) is 5.57 Å². The quantitative estimate of drug-likeness (QED) is 0.632. The van der Waals surface area contributed by atoms with Crippen molar-refractivity contribution in [3.8, 4) is 5.75 Å². The van der Waals surface area contributed by atoms with Gasteiger partial charge in [-0.2, -0.15) is 0 Å². The number of amides is 1. The summed E-state index contributed by atoms with van der Waals surface area (Å²) in [6.45, 7) is 3.25. The van der Waals surface area contributed by atoms with Gasteiger partial charge in [0.25, 0.3) is 0 Å². The van der Waals surface area contributed by atoms with E-state index >= 15 is 0 Å². The van der Waals surface area contributed by atoms with E-state index < -0.39 is 0 Å². The molecule has 0 spiro atoms. The first-order valence-corrected chi connectivity index (χ1v) is 11.7. The van der Waals surface area contributed by atoms with Crippen molar-refractivity contribution in [1.82, 2.24) is 4.90 Å². The second-order valence-corrected chi connectivity index (χ2v) is 9.16. The van der Waals surface area contributed by atoms with Crippen LogP contribution in [0.3, 0.4) is 0 Å². The van der Waals surface area contributed by atoms with Gasteiger partial charge in [-0.05, 0) is 73.9 Å². The lowest BCUT2D eigenvalue weighted by atomic mass is 9.68. The number of benzene rings is 2. The molecule has 0 aromatic heterocycles. The van der Waals surface area contributed by atoms with Crippen LogP contribution < -0.4 is 10.1 Å². The Morgan fingerprint density at radius 2 is 1.97 bits per heavy atom. The van der Waals surface area contributed by atoms with Crippen molar-refractivity contribution in [3.63, 3.8) is 0 Å². The highest BCUT2D eigenvalue weighted by molar-refractivity contribution is 6.07. The van der Waals surface area contributed by atoms with Crippen molar-refractivity contribution in [2.75, 3.05) is 32.1 Å². The average molecular weight is 417 g/mol. The highest BCUT2D eigenvalue weighted by Gasteiger charge is 2.49. The number of hydrogen-bond donors (Lipinski definition) is 1. The molecule has 1 amide bonds. The van der Waals surface area contributed by atoms with Gasteiger partial charge in [0.05, 0.1) is 12.5 Å². The van der Waals surface area contributed by atoms with Crippen molar-refractivity contribution in [1.29, 1.82) is 0 Å². The minimum absolute atomic E-state index is 0.199. The zero-order valence-corrected chi connectivity index (χ0v) is 18.5. The van der Waals surface area contributed by atoms with E-state index in [-0.39, 0.29) is 11.3 Å². The molecule has 2 aliphatic heterocycles. The molecule has 0 bridgehead atoms. The van der Waals surface area contributed by atoms with Crippen molar-refractivity contribution in [2.24, 2.45) is 0 Å². The molecule has 2 aromatic carbocycles. The zero-order valence-electron chi connectivity index (χ0n) is 18.5. The number of rotatable bonds is 7. The summed E-state index contributed by atoms with van der Waals surface area (Å²) in [5, 5.41) is 3.17. The molecule has 4 heteroatoms. The number of unbranched alkanes of at least 4 members (excludes halogenated alkanes) is 1. The summed E-state index contributed by atoms with van der Waals surface area (Å²) in [5.41, 5.74) is 5.97. The van der Waals surface area contributed by atoms with Gasteiger partial charge in [0.15, 0.2) is 0 Å². The Kier molecular flexibility index (Phi) is 5.58. The third-order valence-electron chi connectivity index (χ3n) is 7.45. The lowest BCUT2D eigenvalue weighted by molar-refractivity contribution is -0.121. The number of methoxy groups -OCH3 is 1. The summed E-state index contributed by atoms with van der Waals surface area (Å²) in [6, 6.07) is 14.7. The molecule has 5 rings (SSSR count). The summed E-state index contributed by atoms with van der Waals surface area (Å²) >= 11 is 0. The van der Waals surface area contributed by atoms with Crippen LogP contribution >= 0.6 is 0 Å². The van der Waals surface area contributed by atoms with E-state index in [4.69, 9.17) is 4.74 Å². The molecule has 3 aliphatic rings. The summed E-state index contributed by atoms with van der Waals surface area (Å²) in [7, 11) is 1.73. The van der Waals surface area contributed by atoms with Gasteiger partial charge in [0.1, 0.15) is 5.75 Å². The first-order chi connectivity index (χ1) is 15.2. The second-order valence-electron chi connectivity index (χ2n) is 9.16. The molecule has 1 aliphatic carbocycles. The summed E-state index contributed by atoms with van der Waals surface area (Å²) < 4.78 is 5.62. The normalized spacial score (nSPS) is 22.6. The molecule has 2 aromatic rings. The number of nitrogens with one attached hydrogen (secondary N) is 1. The van der Waals surface area contributed by atoms with Crippen LogP contribution in [0.4, 0.5) is 5.69 Å². The van der Waals surface area contributed by atoms with Crippen LogP contribution in [0.2, 0.25) is 0 Å². The molecule has 0 radical (unpaired) electrons. The van der Waals surface area contributed by atoms with E-state index in [0.29, 0.717) is 0 Å². The Balaban J connectivity index is 1.20. The Labute approximate surface area is 185 Å². The third kappa shape index (κ3) is 3.67. The van der Waals surface area contributed by atoms with Gasteiger partial charge in [-0.15, -0.1) is 0 Å². The lowest BCUT2D eigenvalue weighted by Crippen LogP contribution is -2.37. The molecule has 0 saturated carbocycles. The molecule has 1 unspecified atom stereocenters. The lowest BCUT2D eigenvalue weighted by Gasteiger charge is -2.34. The SMILES string of the molecule is COc1ccc2c3c1CCCC3(CCCCN1CC=C(c3ccccc3)CC1)C(=O)N2. The van der Waals surface area contributed by atoms with Crippen LogP contribution in [-0.2, 0) is 16.6 Å². The van der Waals surface area contributed by atoms with E-state index in [0.717, 1.165) is 76.0 Å². The van der Waals surface area contributed by atoms with E-state index in [1.807, 2.05) is 12.1 Å². The summed E-state index contributed by atoms with van der Waals surface area (Å²) in [6.07, 6.45) is 9.67. The number of carbonyl (C=O) groups excluding carboxylic acids is 1. The molecular weight excluding hydrogens is 384 g/mol. The van der Waals surface area contributed by atoms with Gasteiger partial charge < -0.3 is 10.1 Å². The largest absolute Gasteiger partial charge is 0.496 e. The molecular formula is C27H32N2O2. The number of ether oxygens (including phenoxy) is 1. The molecule has 162 valence electrons. The van der Waals surface area contributed by atoms with Crippen LogP contribution in [0.15, 0.2) is 48.5 Å². The molecule has 4 nitrogen and oxygen atoms in total. The topological polar surface area (TPSA) is 41.6 Å². The van der Waals surface area contributed by atoms with Crippen molar-refractivity contribution in [3.05, 3.63) is 65.2 Å². The molecule has 2 heterocycles. The van der Waals surface area contributed by atoms with Crippen LogP contribution in [0, 0.1) is 0 Å². The first-order valence-electron chi connectivity index (χ1n) is 11.7. The van der Waals surface area contributed by atoms with Crippen molar-refractivity contribution < 1.29 is 9.53 Å². The highest BCUT2D eigenvalue weighted by Crippen LogP contribution is 2.51. The first kappa shape index (κ1) is 20.3. The minimum atomic E-state index is -0.347. The Hall–Kier alpha value is -2.59. The number of nitrogens with zero attached hydrogens (tertiary/aromatic N) is 1. The fourth-order valence-electron chi connectivity index (χ4n) is 5.83. The number of anilines is 1. The summed E-state index contributed by atoms with van der Waals surface area (Å²) in [4.78, 5) is 15.6. The molecule has 31 heavy (non-hydrogen) atoms. The maximum atomic E-state index is 13.1. The molecule has 0 saturated heterocycles. The van der Waals surface area contributed by atoms with Gasteiger partial charge >= 0.3 is 0 Å². The van der Waals surface area contributed by atoms with Gasteiger partial charge in [-0.3, -0.25) is 9.69 Å². The molecule has 0 fully saturated rings. The fraction of sp³-hybridized carbons (Fsp3) is 0.444. The smallest absolute Gasteiger partial charge is 0.235 e. The Morgan fingerprint density at radius 1 is 1.10 bits per heavy atom. The van der Waals surface area contributed by atoms with Crippen LogP contribution in [0.5, 0.6) is 5.75 Å². The Morgan fingerprint density at radius 3 is 2.74 bits per heavy atom. The molecule has 1 atom stereocenters. The van der Waals surface area contributed by atoms with Crippen LogP contribution in [-0.4, -0.2) is 37.6 Å². The predicted octanol–water partition coefficient (Wildman–Crippen LogP) is 5.18. The Bertz CT molecular complexity index is 998. The highest BCUT2D eigenvalue weighted by atomic mass is 16.5. The van der Waals surface area contributed by atoms with Crippen LogP contribution in [0.1, 0.15) is 55.2 Å². The van der Waals surface area contributed by atoms with Crippen molar-refractivity contribution in [2.45, 2.75) is 50.4 Å². The van der Waals surface area contributed by atoms with E-state index in [2.05, 4.69) is 46.6 Å². The monoisotopic (exact) mass is 416 g/mol. The second kappa shape index (κ2) is 8.51. The zero-order chi connectivity index (χ0) is 21.3. The standard InChI is InChI=1S/C27H32N2O2/c1-31-24-12-11-23-25-22(24)10-7-16-27(25,26(30)28-23)15-5-6-17-29-18-13-21(14-19-29)20-8-3-2-4-9-20/h2-4,8-9,11-13H,5-7,10,14-19H2,1H3,(H,28,30). The number of carbonyl (C=O) groups is 1. The third-order valence-corrected chi connectivity index (χ3v) is 7.45. The van der Waals surface area contributed by atoms with Gasteiger partial charge in [-0.25, -0.2) is 0 Å². The van der Waals surface area contributed by atoms with Gasteiger partial charge in [0, 0.05) is 24.3 Å².